The summed E-state index contributed by atoms with van der Waals surface area (Å²) in [6.45, 7) is 6.59. The van der Waals surface area contributed by atoms with Crippen LogP contribution in [0.5, 0.6) is 11.5 Å². The summed E-state index contributed by atoms with van der Waals surface area (Å²) in [6, 6.07) is 10.7. The Balaban J connectivity index is 1.86. The van der Waals surface area contributed by atoms with E-state index in [-0.39, 0.29) is 11.2 Å². The predicted octanol–water partition coefficient (Wildman–Crippen LogP) is 4.71. The Kier molecular flexibility index (Phi) is 5.33. The van der Waals surface area contributed by atoms with Crippen molar-refractivity contribution in [2.75, 3.05) is 20.2 Å². The number of para-hydroxylation sites is 1. The van der Waals surface area contributed by atoms with Crippen molar-refractivity contribution in [2.24, 2.45) is 5.92 Å². The minimum Gasteiger partial charge on any atom is -0.507 e. The fourth-order valence-corrected chi connectivity index (χ4v) is 4.38. The SMILES string of the molecule is COc1ccccc1-c1c(C)oc2c(CN3CCC[C@@H](C)C3)c(O)ccc2c1=O. The smallest absolute Gasteiger partial charge is 0.200 e. The van der Waals surface area contributed by atoms with Gasteiger partial charge in [-0.05, 0) is 50.4 Å². The summed E-state index contributed by atoms with van der Waals surface area (Å²) in [5.74, 6) is 1.95. The van der Waals surface area contributed by atoms with E-state index >= 15 is 0 Å². The summed E-state index contributed by atoms with van der Waals surface area (Å²) in [6.07, 6.45) is 2.38. The minimum absolute atomic E-state index is 0.110. The first-order valence-electron chi connectivity index (χ1n) is 10.1. The predicted molar refractivity (Wildman–Crippen MR) is 115 cm³/mol. The highest BCUT2D eigenvalue weighted by Crippen LogP contribution is 2.34. The number of phenols is 1. The summed E-state index contributed by atoms with van der Waals surface area (Å²) < 4.78 is 11.6. The number of ether oxygens (including phenoxy) is 1. The number of phenolic OH excluding ortho intramolecular Hbond substituents is 1. The van der Waals surface area contributed by atoms with Crippen LogP contribution in [0.25, 0.3) is 22.1 Å². The molecule has 1 N–H and O–H groups in total. The van der Waals surface area contributed by atoms with Crippen LogP contribution in [0.15, 0.2) is 45.6 Å². The monoisotopic (exact) mass is 393 g/mol. The Morgan fingerprint density at radius 1 is 1.24 bits per heavy atom. The number of piperidine rings is 1. The van der Waals surface area contributed by atoms with Crippen LogP contribution < -0.4 is 10.2 Å². The molecular formula is C24H27NO4. The topological polar surface area (TPSA) is 62.9 Å². The molecule has 0 spiro atoms. The third-order valence-electron chi connectivity index (χ3n) is 5.81. The zero-order chi connectivity index (χ0) is 20.5. The molecule has 1 aliphatic rings. The Labute approximate surface area is 170 Å². The Morgan fingerprint density at radius 2 is 2.03 bits per heavy atom. The molecule has 1 atom stereocenters. The van der Waals surface area contributed by atoms with Gasteiger partial charge in [0.05, 0.1) is 23.6 Å². The van der Waals surface area contributed by atoms with E-state index in [1.165, 1.54) is 6.42 Å². The largest absolute Gasteiger partial charge is 0.507 e. The van der Waals surface area contributed by atoms with Crippen molar-refractivity contribution in [1.82, 2.24) is 4.90 Å². The maximum Gasteiger partial charge on any atom is 0.200 e. The van der Waals surface area contributed by atoms with Gasteiger partial charge in [0.25, 0.3) is 0 Å². The van der Waals surface area contributed by atoms with Crippen molar-refractivity contribution in [3.63, 3.8) is 0 Å². The molecule has 1 saturated heterocycles. The zero-order valence-electron chi connectivity index (χ0n) is 17.2. The summed E-state index contributed by atoms with van der Waals surface area (Å²) in [7, 11) is 1.59. The van der Waals surface area contributed by atoms with Gasteiger partial charge < -0.3 is 14.3 Å². The summed E-state index contributed by atoms with van der Waals surface area (Å²) in [5.41, 5.74) is 2.26. The zero-order valence-corrected chi connectivity index (χ0v) is 17.2. The van der Waals surface area contributed by atoms with Crippen molar-refractivity contribution in [2.45, 2.75) is 33.2 Å². The Bertz CT molecular complexity index is 1100. The van der Waals surface area contributed by atoms with E-state index in [1.54, 1.807) is 26.2 Å². The lowest BCUT2D eigenvalue weighted by molar-refractivity contribution is 0.175. The van der Waals surface area contributed by atoms with Gasteiger partial charge in [0.1, 0.15) is 22.8 Å². The van der Waals surface area contributed by atoms with E-state index in [4.69, 9.17) is 9.15 Å². The number of fused-ring (bicyclic) bond motifs is 1. The molecule has 0 radical (unpaired) electrons. The van der Waals surface area contributed by atoms with E-state index in [1.807, 2.05) is 24.3 Å². The van der Waals surface area contributed by atoms with Crippen LogP contribution in [0.4, 0.5) is 0 Å². The second-order valence-corrected chi connectivity index (χ2v) is 7.99. The minimum atomic E-state index is -0.110. The van der Waals surface area contributed by atoms with Crippen molar-refractivity contribution >= 4 is 11.0 Å². The van der Waals surface area contributed by atoms with Gasteiger partial charge in [0.15, 0.2) is 0 Å². The van der Waals surface area contributed by atoms with Gasteiger partial charge in [-0.25, -0.2) is 0 Å². The number of rotatable bonds is 4. The molecule has 3 aromatic rings. The number of likely N-dealkylation sites (tertiary alicyclic amines) is 1. The summed E-state index contributed by atoms with van der Waals surface area (Å²) in [5, 5.41) is 11.0. The molecule has 5 heteroatoms. The highest BCUT2D eigenvalue weighted by Gasteiger charge is 2.23. The fraction of sp³-hybridized carbons (Fsp3) is 0.375. The Morgan fingerprint density at radius 3 is 2.79 bits per heavy atom. The first-order valence-corrected chi connectivity index (χ1v) is 10.1. The maximum absolute atomic E-state index is 13.4. The number of hydrogen-bond acceptors (Lipinski definition) is 5. The molecule has 1 aliphatic heterocycles. The number of methoxy groups -OCH3 is 1. The fourth-order valence-electron chi connectivity index (χ4n) is 4.38. The van der Waals surface area contributed by atoms with Crippen LogP contribution in [-0.2, 0) is 6.54 Å². The van der Waals surface area contributed by atoms with Crippen molar-refractivity contribution < 1.29 is 14.3 Å². The van der Waals surface area contributed by atoms with Gasteiger partial charge in [0.2, 0.25) is 5.43 Å². The van der Waals surface area contributed by atoms with Gasteiger partial charge in [-0.2, -0.15) is 0 Å². The normalized spacial score (nSPS) is 17.6. The van der Waals surface area contributed by atoms with Crippen molar-refractivity contribution in [1.29, 1.82) is 0 Å². The quantitative estimate of drug-likeness (QED) is 0.695. The third-order valence-corrected chi connectivity index (χ3v) is 5.81. The molecule has 2 aromatic carbocycles. The van der Waals surface area contributed by atoms with Gasteiger partial charge in [-0.3, -0.25) is 9.69 Å². The lowest BCUT2D eigenvalue weighted by atomic mass is 9.98. The van der Waals surface area contributed by atoms with Crippen LogP contribution >= 0.6 is 0 Å². The number of aryl methyl sites for hydroxylation is 1. The number of hydrogen-bond donors (Lipinski definition) is 1. The summed E-state index contributed by atoms with van der Waals surface area (Å²) >= 11 is 0. The van der Waals surface area contributed by atoms with E-state index in [9.17, 15) is 9.90 Å². The molecule has 1 aromatic heterocycles. The number of nitrogens with zero attached hydrogens (tertiary/aromatic N) is 1. The molecular weight excluding hydrogens is 366 g/mol. The maximum atomic E-state index is 13.4. The molecule has 0 amide bonds. The second-order valence-electron chi connectivity index (χ2n) is 7.99. The number of aromatic hydroxyl groups is 1. The highest BCUT2D eigenvalue weighted by atomic mass is 16.5. The first kappa shape index (κ1) is 19.5. The van der Waals surface area contributed by atoms with Crippen LogP contribution in [0.2, 0.25) is 0 Å². The van der Waals surface area contributed by atoms with Crippen molar-refractivity contribution in [3.05, 3.63) is 57.9 Å². The molecule has 2 heterocycles. The van der Waals surface area contributed by atoms with Crippen LogP contribution in [0.3, 0.4) is 0 Å². The standard InChI is InChI=1S/C24H27NO4/c1-15-7-6-12-25(13-15)14-19-20(26)11-10-18-23(27)22(16(2)29-24(18)19)17-8-4-5-9-21(17)28-3/h4-5,8-11,15,26H,6-7,12-14H2,1-3H3/t15-/m1/s1. The molecule has 29 heavy (non-hydrogen) atoms. The summed E-state index contributed by atoms with van der Waals surface area (Å²) in [4.78, 5) is 15.7. The van der Waals surface area contributed by atoms with Crippen LogP contribution in [0, 0.1) is 12.8 Å². The van der Waals surface area contributed by atoms with Crippen LogP contribution in [0.1, 0.15) is 31.1 Å². The molecule has 0 aliphatic carbocycles. The Hall–Kier alpha value is -2.79. The lowest BCUT2D eigenvalue weighted by Crippen LogP contribution is -2.33. The molecule has 5 nitrogen and oxygen atoms in total. The van der Waals surface area contributed by atoms with E-state index in [0.29, 0.717) is 51.6 Å². The average molecular weight is 393 g/mol. The lowest BCUT2D eigenvalue weighted by Gasteiger charge is -2.31. The van der Waals surface area contributed by atoms with Gasteiger partial charge >= 0.3 is 0 Å². The van der Waals surface area contributed by atoms with E-state index < -0.39 is 0 Å². The van der Waals surface area contributed by atoms with Gasteiger partial charge in [-0.1, -0.05) is 25.1 Å². The highest BCUT2D eigenvalue weighted by molar-refractivity contribution is 5.87. The number of benzene rings is 2. The molecule has 4 rings (SSSR count). The average Bonchev–Trinajstić information content (AvgIpc) is 2.71. The van der Waals surface area contributed by atoms with E-state index in [0.717, 1.165) is 19.5 Å². The molecule has 0 saturated carbocycles. The van der Waals surface area contributed by atoms with Gasteiger partial charge in [-0.15, -0.1) is 0 Å². The van der Waals surface area contributed by atoms with Crippen molar-refractivity contribution in [3.8, 4) is 22.6 Å². The van der Waals surface area contributed by atoms with Crippen LogP contribution in [-0.4, -0.2) is 30.2 Å². The molecule has 0 bridgehead atoms. The second kappa shape index (κ2) is 7.91. The third kappa shape index (κ3) is 3.62. The van der Waals surface area contributed by atoms with Gasteiger partial charge in [0, 0.05) is 18.7 Å². The first-order chi connectivity index (χ1) is 14.0. The molecule has 1 fully saturated rings. The van der Waals surface area contributed by atoms with E-state index in [2.05, 4.69) is 11.8 Å². The molecule has 152 valence electrons. The molecule has 0 unspecified atom stereocenters.